The monoisotopic (exact) mass is 347 g/mol. The molecule has 2 heterocycles. The van der Waals surface area contributed by atoms with Gasteiger partial charge in [-0.3, -0.25) is 9.63 Å². The summed E-state index contributed by atoms with van der Waals surface area (Å²) in [5, 5.41) is 2.54. The standard InChI is InChI=1S/C14H16F3N3O2S/c1-2-4-20(22-8-14(15,16)17)13(21)9-6-11-10(3-5-23-11)19-12(18)7-9/h3,5-6H,2,4,7-8H2,1H3,(H2,18,19). The average Bonchev–Trinajstić information content (AvgIpc) is 2.81. The van der Waals surface area contributed by atoms with E-state index in [0.29, 0.717) is 12.1 Å². The molecule has 2 rings (SSSR count). The van der Waals surface area contributed by atoms with Crippen LogP contribution in [0.2, 0.25) is 0 Å². The number of carbonyl (C=O) groups excluding carboxylic acids is 1. The number of carbonyl (C=O) groups is 1. The number of nitrogens with zero attached hydrogens (tertiary/aromatic N) is 2. The number of hydroxylamine groups is 2. The number of hydrogen-bond donors (Lipinski definition) is 1. The van der Waals surface area contributed by atoms with Crippen molar-refractivity contribution in [3.8, 4) is 0 Å². The van der Waals surface area contributed by atoms with Gasteiger partial charge in [0.2, 0.25) is 0 Å². The lowest BCUT2D eigenvalue weighted by atomic mass is 10.1. The lowest BCUT2D eigenvalue weighted by Crippen LogP contribution is -2.37. The second-order valence-electron chi connectivity index (χ2n) is 4.92. The topological polar surface area (TPSA) is 67.9 Å². The van der Waals surface area contributed by atoms with E-state index in [1.54, 1.807) is 24.4 Å². The second-order valence-corrected chi connectivity index (χ2v) is 5.86. The van der Waals surface area contributed by atoms with Gasteiger partial charge in [0.15, 0.2) is 6.61 Å². The summed E-state index contributed by atoms with van der Waals surface area (Å²) in [4.78, 5) is 22.1. The Hall–Kier alpha value is -1.87. The molecule has 126 valence electrons. The quantitative estimate of drug-likeness (QED) is 0.832. The molecule has 0 saturated heterocycles. The van der Waals surface area contributed by atoms with Crippen molar-refractivity contribution in [2.45, 2.75) is 25.9 Å². The maximum absolute atomic E-state index is 12.5. The van der Waals surface area contributed by atoms with Gasteiger partial charge < -0.3 is 5.73 Å². The first kappa shape index (κ1) is 17.5. The van der Waals surface area contributed by atoms with Crippen molar-refractivity contribution in [1.29, 1.82) is 0 Å². The van der Waals surface area contributed by atoms with E-state index in [-0.39, 0.29) is 24.4 Å². The van der Waals surface area contributed by atoms with Crippen LogP contribution in [0.3, 0.4) is 0 Å². The minimum atomic E-state index is -4.51. The smallest absolute Gasteiger partial charge is 0.387 e. The zero-order valence-electron chi connectivity index (χ0n) is 12.4. The first-order valence-corrected chi connectivity index (χ1v) is 7.80. The highest BCUT2D eigenvalue weighted by Gasteiger charge is 2.31. The summed E-state index contributed by atoms with van der Waals surface area (Å²) in [7, 11) is 0. The molecule has 2 N–H and O–H groups in total. The van der Waals surface area contributed by atoms with Crippen LogP contribution in [-0.4, -0.2) is 36.1 Å². The predicted octanol–water partition coefficient (Wildman–Crippen LogP) is 3.26. The number of hydrogen-bond acceptors (Lipinski definition) is 5. The summed E-state index contributed by atoms with van der Waals surface area (Å²) in [6, 6.07) is 1.76. The highest BCUT2D eigenvalue weighted by Crippen LogP contribution is 2.31. The van der Waals surface area contributed by atoms with Crippen molar-refractivity contribution < 1.29 is 22.8 Å². The average molecular weight is 347 g/mol. The first-order chi connectivity index (χ1) is 10.8. The van der Waals surface area contributed by atoms with Gasteiger partial charge in [-0.15, -0.1) is 11.3 Å². The van der Waals surface area contributed by atoms with Crippen LogP contribution in [0, 0.1) is 0 Å². The van der Waals surface area contributed by atoms with Crippen molar-refractivity contribution in [3.05, 3.63) is 21.9 Å². The summed E-state index contributed by atoms with van der Waals surface area (Å²) < 4.78 is 37.0. The molecular formula is C14H16F3N3O2S. The molecular weight excluding hydrogens is 331 g/mol. The highest BCUT2D eigenvalue weighted by molar-refractivity contribution is 7.11. The fourth-order valence-corrected chi connectivity index (χ4v) is 2.78. The Balaban J connectivity index is 2.21. The number of fused-ring (bicyclic) bond motifs is 1. The number of halogens is 3. The molecule has 0 aliphatic carbocycles. The molecule has 0 saturated carbocycles. The predicted molar refractivity (Wildman–Crippen MR) is 82.2 cm³/mol. The Kier molecular flexibility index (Phi) is 5.42. The molecule has 0 atom stereocenters. The van der Waals surface area contributed by atoms with Crippen LogP contribution in [0.4, 0.5) is 18.9 Å². The summed E-state index contributed by atoms with van der Waals surface area (Å²) >= 11 is 1.37. The number of nitrogens with two attached hydrogens (primary N) is 1. The van der Waals surface area contributed by atoms with E-state index in [4.69, 9.17) is 5.73 Å². The van der Waals surface area contributed by atoms with Crippen LogP contribution in [0.25, 0.3) is 6.08 Å². The number of aliphatic imine (C=N–C) groups is 1. The summed E-state index contributed by atoms with van der Waals surface area (Å²) in [5.41, 5.74) is 6.68. The van der Waals surface area contributed by atoms with E-state index in [1.165, 1.54) is 11.3 Å². The largest absolute Gasteiger partial charge is 0.414 e. The molecule has 1 aliphatic rings. The van der Waals surface area contributed by atoms with Gasteiger partial charge in [-0.05, 0) is 23.9 Å². The van der Waals surface area contributed by atoms with Crippen LogP contribution in [0.5, 0.6) is 0 Å². The van der Waals surface area contributed by atoms with Crippen molar-refractivity contribution in [3.63, 3.8) is 0 Å². The number of amides is 1. The van der Waals surface area contributed by atoms with Gasteiger partial charge in [0, 0.05) is 18.5 Å². The molecule has 0 unspecified atom stereocenters. The van der Waals surface area contributed by atoms with Crippen molar-refractivity contribution in [2.75, 3.05) is 13.2 Å². The van der Waals surface area contributed by atoms with Crippen molar-refractivity contribution >= 4 is 34.8 Å². The Labute approximate surface area is 135 Å². The molecule has 1 aromatic rings. The molecule has 0 spiro atoms. The van der Waals surface area contributed by atoms with Gasteiger partial charge in [0.1, 0.15) is 5.84 Å². The summed E-state index contributed by atoms with van der Waals surface area (Å²) in [6.07, 6.45) is -2.38. The molecule has 1 amide bonds. The molecule has 0 radical (unpaired) electrons. The highest BCUT2D eigenvalue weighted by atomic mass is 32.1. The van der Waals surface area contributed by atoms with Crippen LogP contribution in [-0.2, 0) is 9.63 Å². The lowest BCUT2D eigenvalue weighted by Gasteiger charge is -2.23. The van der Waals surface area contributed by atoms with E-state index in [0.717, 1.165) is 9.94 Å². The number of amidine groups is 1. The molecule has 0 bridgehead atoms. The molecule has 0 aromatic carbocycles. The van der Waals surface area contributed by atoms with E-state index in [1.807, 2.05) is 0 Å². The minimum Gasteiger partial charge on any atom is -0.387 e. The Bertz CT molecular complexity index is 637. The maximum atomic E-state index is 12.5. The molecule has 5 nitrogen and oxygen atoms in total. The zero-order chi connectivity index (χ0) is 17.0. The van der Waals surface area contributed by atoms with Crippen LogP contribution in [0.1, 0.15) is 24.6 Å². The maximum Gasteiger partial charge on any atom is 0.414 e. The van der Waals surface area contributed by atoms with Crippen molar-refractivity contribution in [2.24, 2.45) is 10.7 Å². The third-order valence-corrected chi connectivity index (χ3v) is 3.78. The van der Waals surface area contributed by atoms with Crippen LogP contribution in [0.15, 0.2) is 22.0 Å². The zero-order valence-corrected chi connectivity index (χ0v) is 13.2. The van der Waals surface area contributed by atoms with Crippen LogP contribution < -0.4 is 5.73 Å². The molecule has 23 heavy (non-hydrogen) atoms. The minimum absolute atomic E-state index is 0.0561. The van der Waals surface area contributed by atoms with Crippen LogP contribution >= 0.6 is 11.3 Å². The number of rotatable bonds is 5. The Morgan fingerprint density at radius 3 is 2.91 bits per heavy atom. The lowest BCUT2D eigenvalue weighted by molar-refractivity contribution is -0.245. The molecule has 1 aliphatic heterocycles. The Morgan fingerprint density at radius 1 is 1.52 bits per heavy atom. The van der Waals surface area contributed by atoms with E-state index in [2.05, 4.69) is 9.83 Å². The van der Waals surface area contributed by atoms with Gasteiger partial charge in [-0.25, -0.2) is 10.1 Å². The third kappa shape index (κ3) is 4.80. The summed E-state index contributed by atoms with van der Waals surface area (Å²) in [6.45, 7) is 0.284. The van der Waals surface area contributed by atoms with Crippen molar-refractivity contribution in [1.82, 2.24) is 5.06 Å². The first-order valence-electron chi connectivity index (χ1n) is 6.92. The molecule has 9 heteroatoms. The second kappa shape index (κ2) is 7.14. The van der Waals surface area contributed by atoms with E-state index >= 15 is 0 Å². The third-order valence-electron chi connectivity index (χ3n) is 2.93. The molecule has 1 aromatic heterocycles. The molecule has 0 fully saturated rings. The summed E-state index contributed by atoms with van der Waals surface area (Å²) in [5.74, 6) is -0.399. The fraction of sp³-hybridized carbons (Fsp3) is 0.429. The number of alkyl halides is 3. The van der Waals surface area contributed by atoms with Gasteiger partial charge in [0.05, 0.1) is 10.6 Å². The van der Waals surface area contributed by atoms with Gasteiger partial charge in [-0.2, -0.15) is 13.2 Å². The van der Waals surface area contributed by atoms with Gasteiger partial charge >= 0.3 is 6.18 Å². The van der Waals surface area contributed by atoms with Gasteiger partial charge in [-0.1, -0.05) is 6.92 Å². The van der Waals surface area contributed by atoms with E-state index < -0.39 is 18.7 Å². The normalized spacial score (nSPS) is 14.6. The number of thiophene rings is 1. The Morgan fingerprint density at radius 2 is 2.26 bits per heavy atom. The van der Waals surface area contributed by atoms with Gasteiger partial charge in [0.25, 0.3) is 5.91 Å². The van der Waals surface area contributed by atoms with E-state index in [9.17, 15) is 18.0 Å². The fourth-order valence-electron chi connectivity index (χ4n) is 1.99. The SMILES string of the molecule is CCCN(OCC(F)(F)F)C(=O)C1=Cc2sccc2N=C(N)C1.